The minimum absolute atomic E-state index is 0.0453. The van der Waals surface area contributed by atoms with E-state index in [1.807, 2.05) is 46.2 Å². The van der Waals surface area contributed by atoms with E-state index in [4.69, 9.17) is 0 Å². The van der Waals surface area contributed by atoms with Crippen LogP contribution in [0.2, 0.25) is 0 Å². The highest BCUT2D eigenvalue weighted by Crippen LogP contribution is 2.28. The van der Waals surface area contributed by atoms with Crippen molar-refractivity contribution in [3.05, 3.63) is 78.2 Å². The van der Waals surface area contributed by atoms with Crippen molar-refractivity contribution in [3.63, 3.8) is 0 Å². The summed E-state index contributed by atoms with van der Waals surface area (Å²) in [7, 11) is 0. The number of urea groups is 1. The number of hydrogen-bond acceptors (Lipinski definition) is 3. The van der Waals surface area contributed by atoms with Crippen LogP contribution in [0.3, 0.4) is 0 Å². The summed E-state index contributed by atoms with van der Waals surface area (Å²) in [6.07, 6.45) is 7.34. The molecule has 28 heavy (non-hydrogen) atoms. The third-order valence-electron chi connectivity index (χ3n) is 5.51. The van der Waals surface area contributed by atoms with E-state index in [1.54, 1.807) is 6.20 Å². The molecule has 1 atom stereocenters. The van der Waals surface area contributed by atoms with Gasteiger partial charge in [0.25, 0.3) is 0 Å². The van der Waals surface area contributed by atoms with Crippen molar-refractivity contribution >= 4 is 11.8 Å². The Kier molecular flexibility index (Phi) is 5.37. The fourth-order valence-corrected chi connectivity index (χ4v) is 3.83. The van der Waals surface area contributed by atoms with Gasteiger partial charge in [-0.2, -0.15) is 5.10 Å². The van der Waals surface area contributed by atoms with E-state index in [2.05, 4.69) is 46.6 Å². The summed E-state index contributed by atoms with van der Waals surface area (Å²) >= 11 is 0. The molecule has 4 rings (SSSR count). The van der Waals surface area contributed by atoms with Gasteiger partial charge in [0.1, 0.15) is 5.82 Å². The highest BCUT2D eigenvalue weighted by atomic mass is 16.2. The Morgan fingerprint density at radius 1 is 1.04 bits per heavy atom. The topological polar surface area (TPSA) is 63.1 Å². The summed E-state index contributed by atoms with van der Waals surface area (Å²) in [5.41, 5.74) is 2.46. The zero-order valence-corrected chi connectivity index (χ0v) is 16.0. The zero-order valence-electron chi connectivity index (χ0n) is 16.0. The molecule has 1 aliphatic rings. The molecular formula is C22H25N5O. The van der Waals surface area contributed by atoms with E-state index in [9.17, 15) is 4.79 Å². The molecule has 2 amide bonds. The van der Waals surface area contributed by atoms with Crippen LogP contribution in [0.1, 0.15) is 42.9 Å². The molecule has 2 aromatic heterocycles. The molecule has 1 aliphatic heterocycles. The first-order valence-corrected chi connectivity index (χ1v) is 9.76. The number of likely N-dealkylation sites (tertiary alicyclic amines) is 1. The molecule has 0 saturated carbocycles. The number of pyridine rings is 1. The van der Waals surface area contributed by atoms with E-state index in [1.165, 1.54) is 5.56 Å². The zero-order chi connectivity index (χ0) is 19.3. The largest absolute Gasteiger partial charge is 0.324 e. The van der Waals surface area contributed by atoms with Crippen molar-refractivity contribution in [1.82, 2.24) is 19.7 Å². The van der Waals surface area contributed by atoms with E-state index in [0.29, 0.717) is 5.92 Å². The predicted octanol–water partition coefficient (Wildman–Crippen LogP) is 4.30. The Morgan fingerprint density at radius 2 is 1.75 bits per heavy atom. The van der Waals surface area contributed by atoms with Crippen LogP contribution in [0, 0.1) is 0 Å². The van der Waals surface area contributed by atoms with Crippen molar-refractivity contribution < 1.29 is 4.79 Å². The van der Waals surface area contributed by atoms with Crippen LogP contribution in [0.5, 0.6) is 0 Å². The number of nitrogens with one attached hydrogen (secondary N) is 1. The average molecular weight is 375 g/mol. The summed E-state index contributed by atoms with van der Waals surface area (Å²) in [6, 6.07) is 16.1. The van der Waals surface area contributed by atoms with Gasteiger partial charge in [0.05, 0.1) is 12.2 Å². The van der Waals surface area contributed by atoms with Crippen molar-refractivity contribution in [2.45, 2.75) is 31.7 Å². The van der Waals surface area contributed by atoms with Crippen molar-refractivity contribution in [2.24, 2.45) is 0 Å². The lowest BCUT2D eigenvalue weighted by molar-refractivity contribution is 0.194. The number of carbonyl (C=O) groups excluding carboxylic acids is 1. The highest BCUT2D eigenvalue weighted by Gasteiger charge is 2.24. The molecule has 0 spiro atoms. The maximum absolute atomic E-state index is 12.8. The molecule has 1 saturated heterocycles. The van der Waals surface area contributed by atoms with Crippen molar-refractivity contribution in [3.8, 4) is 0 Å². The number of rotatable bonds is 4. The fraction of sp³-hybridized carbons (Fsp3) is 0.318. The second kappa shape index (κ2) is 8.25. The summed E-state index contributed by atoms with van der Waals surface area (Å²) in [5.74, 6) is 1.22. The maximum atomic E-state index is 12.8. The molecular weight excluding hydrogens is 350 g/mol. The first-order chi connectivity index (χ1) is 13.7. The van der Waals surface area contributed by atoms with Gasteiger partial charge in [-0.1, -0.05) is 30.3 Å². The van der Waals surface area contributed by atoms with E-state index in [0.717, 1.165) is 37.3 Å². The van der Waals surface area contributed by atoms with Crippen LogP contribution in [0.15, 0.2) is 67.1 Å². The van der Waals surface area contributed by atoms with Crippen LogP contribution < -0.4 is 5.32 Å². The Morgan fingerprint density at radius 3 is 2.46 bits per heavy atom. The number of aromatic nitrogens is 3. The van der Waals surface area contributed by atoms with Crippen LogP contribution in [-0.4, -0.2) is 38.8 Å². The van der Waals surface area contributed by atoms with Gasteiger partial charge >= 0.3 is 6.03 Å². The van der Waals surface area contributed by atoms with Crippen LogP contribution in [-0.2, 0) is 0 Å². The summed E-state index contributed by atoms with van der Waals surface area (Å²) in [6.45, 7) is 3.58. The third kappa shape index (κ3) is 3.91. The summed E-state index contributed by atoms with van der Waals surface area (Å²) < 4.78 is 1.86. The molecule has 6 nitrogen and oxygen atoms in total. The highest BCUT2D eigenvalue weighted by molar-refractivity contribution is 5.88. The molecule has 0 bridgehead atoms. The summed E-state index contributed by atoms with van der Waals surface area (Å²) in [4.78, 5) is 18.8. The Balaban J connectivity index is 1.38. The van der Waals surface area contributed by atoms with E-state index >= 15 is 0 Å². The Labute approximate surface area is 165 Å². The van der Waals surface area contributed by atoms with Gasteiger partial charge < -0.3 is 4.90 Å². The maximum Gasteiger partial charge on any atom is 0.323 e. The molecule has 0 unspecified atom stereocenters. The van der Waals surface area contributed by atoms with Crippen LogP contribution in [0.25, 0.3) is 0 Å². The van der Waals surface area contributed by atoms with Crippen LogP contribution in [0.4, 0.5) is 10.6 Å². The number of hydrogen-bond donors (Lipinski definition) is 1. The van der Waals surface area contributed by atoms with E-state index in [-0.39, 0.29) is 12.1 Å². The molecule has 3 aromatic rings. The second-order valence-corrected chi connectivity index (χ2v) is 7.22. The monoisotopic (exact) mass is 375 g/mol. The molecule has 0 aliphatic carbocycles. The fourth-order valence-electron chi connectivity index (χ4n) is 3.83. The second-order valence-electron chi connectivity index (χ2n) is 7.22. The van der Waals surface area contributed by atoms with Gasteiger partial charge in [-0.05, 0) is 48.9 Å². The molecule has 1 N–H and O–H groups in total. The minimum atomic E-state index is -0.0600. The lowest BCUT2D eigenvalue weighted by Crippen LogP contribution is -2.41. The van der Waals surface area contributed by atoms with Gasteiger partial charge in [-0.25, -0.2) is 9.48 Å². The number of benzene rings is 1. The first-order valence-electron chi connectivity index (χ1n) is 9.76. The lowest BCUT2D eigenvalue weighted by atomic mass is 9.90. The first kappa shape index (κ1) is 18.2. The Hall–Kier alpha value is -3.15. The van der Waals surface area contributed by atoms with Gasteiger partial charge in [0.15, 0.2) is 0 Å². The normalized spacial score (nSPS) is 16.0. The Bertz CT molecular complexity index is 901. The number of amides is 2. The third-order valence-corrected chi connectivity index (χ3v) is 5.51. The van der Waals surface area contributed by atoms with Gasteiger partial charge in [-0.3, -0.25) is 10.3 Å². The molecule has 3 heterocycles. The standard InChI is InChI=1S/C22H25N5O/c1-17(18-5-3-2-4-6-18)27-21(9-14-24-27)25-22(28)26-15-10-20(11-16-26)19-7-12-23-13-8-19/h2-9,12-14,17,20H,10-11,15-16H2,1H3,(H,25,28)/t17-/m1/s1. The van der Waals surface area contributed by atoms with Crippen molar-refractivity contribution in [1.29, 1.82) is 0 Å². The average Bonchev–Trinajstić information content (AvgIpc) is 3.22. The lowest BCUT2D eigenvalue weighted by Gasteiger charge is -2.32. The number of anilines is 1. The van der Waals surface area contributed by atoms with Gasteiger partial charge in [0, 0.05) is 31.5 Å². The molecule has 1 aromatic carbocycles. The number of carbonyl (C=O) groups is 1. The van der Waals surface area contributed by atoms with Crippen molar-refractivity contribution in [2.75, 3.05) is 18.4 Å². The van der Waals surface area contributed by atoms with Gasteiger partial charge in [0.2, 0.25) is 0 Å². The van der Waals surface area contributed by atoms with E-state index < -0.39 is 0 Å². The quantitative estimate of drug-likeness (QED) is 0.739. The summed E-state index contributed by atoms with van der Waals surface area (Å²) in [5, 5.41) is 7.46. The minimum Gasteiger partial charge on any atom is -0.324 e. The predicted molar refractivity (Wildman–Crippen MR) is 109 cm³/mol. The van der Waals surface area contributed by atoms with Crippen LogP contribution >= 0.6 is 0 Å². The molecule has 6 heteroatoms. The molecule has 0 radical (unpaired) electrons. The number of piperidine rings is 1. The SMILES string of the molecule is C[C@H](c1ccccc1)n1nccc1NC(=O)N1CCC(c2ccncc2)CC1. The molecule has 1 fully saturated rings. The number of nitrogens with zero attached hydrogens (tertiary/aromatic N) is 4. The smallest absolute Gasteiger partial charge is 0.323 e. The van der Waals surface area contributed by atoms with Gasteiger partial charge in [-0.15, -0.1) is 0 Å². The molecule has 144 valence electrons.